The van der Waals surface area contributed by atoms with Gasteiger partial charge in [-0.2, -0.15) is 0 Å². The molecule has 0 aromatic heterocycles. The molecular formula is C20H23FN2O. The van der Waals surface area contributed by atoms with Gasteiger partial charge in [0.1, 0.15) is 5.82 Å². The van der Waals surface area contributed by atoms with Gasteiger partial charge in [-0.25, -0.2) is 4.39 Å². The number of likely N-dealkylation sites (tertiary alicyclic amines) is 1. The number of hydrogen-bond acceptors (Lipinski definition) is 2. The van der Waals surface area contributed by atoms with Gasteiger partial charge in [0.25, 0.3) is 5.91 Å². The third kappa shape index (κ3) is 3.49. The summed E-state index contributed by atoms with van der Waals surface area (Å²) in [7, 11) is 1.94. The Labute approximate surface area is 142 Å². The number of rotatable bonds is 3. The molecule has 0 spiro atoms. The van der Waals surface area contributed by atoms with E-state index in [0.29, 0.717) is 19.1 Å². The van der Waals surface area contributed by atoms with Crippen molar-refractivity contribution in [1.29, 1.82) is 0 Å². The quantitative estimate of drug-likeness (QED) is 0.934. The molecule has 0 atom stereocenters. The largest absolute Gasteiger partial charge is 0.338 e. The highest BCUT2D eigenvalue weighted by molar-refractivity contribution is 5.95. The molecule has 3 nitrogen and oxygen atoms in total. The van der Waals surface area contributed by atoms with Crippen molar-refractivity contribution in [2.24, 2.45) is 0 Å². The highest BCUT2D eigenvalue weighted by atomic mass is 19.1. The minimum atomic E-state index is -0.450. The first-order valence-electron chi connectivity index (χ1n) is 8.41. The van der Waals surface area contributed by atoms with Crippen molar-refractivity contribution in [3.8, 4) is 11.1 Å². The monoisotopic (exact) mass is 326 g/mol. The highest BCUT2D eigenvalue weighted by Gasteiger charge is 2.24. The molecule has 1 saturated heterocycles. The molecule has 24 heavy (non-hydrogen) atoms. The Hall–Kier alpha value is -2.20. The van der Waals surface area contributed by atoms with Gasteiger partial charge >= 0.3 is 0 Å². The van der Waals surface area contributed by atoms with Crippen LogP contribution in [0.3, 0.4) is 0 Å². The molecule has 0 unspecified atom stereocenters. The number of nitrogens with one attached hydrogen (secondary N) is 1. The fraction of sp³-hybridized carbons (Fsp3) is 0.350. The number of aryl methyl sites for hydroxylation is 1. The predicted octanol–water partition coefficient (Wildman–Crippen LogP) is 3.63. The number of hydrogen-bond donors (Lipinski definition) is 1. The lowest BCUT2D eigenvalue weighted by Crippen LogP contribution is -2.44. The summed E-state index contributed by atoms with van der Waals surface area (Å²) in [6, 6.07) is 13.3. The van der Waals surface area contributed by atoms with Crippen LogP contribution in [0.1, 0.15) is 28.8 Å². The molecule has 2 aromatic rings. The van der Waals surface area contributed by atoms with E-state index in [2.05, 4.69) is 5.32 Å². The second kappa shape index (κ2) is 7.14. The number of piperidine rings is 1. The molecule has 1 amide bonds. The zero-order valence-electron chi connectivity index (χ0n) is 14.2. The van der Waals surface area contributed by atoms with Crippen molar-refractivity contribution in [2.75, 3.05) is 20.1 Å². The van der Waals surface area contributed by atoms with E-state index in [1.807, 2.05) is 44.3 Å². The van der Waals surface area contributed by atoms with Crippen LogP contribution in [0.5, 0.6) is 0 Å². The smallest absolute Gasteiger partial charge is 0.256 e. The van der Waals surface area contributed by atoms with Gasteiger partial charge in [-0.1, -0.05) is 35.9 Å². The standard InChI is InChI=1S/C20H23FN2O/c1-14-3-5-15(6-4-14)16-7-8-18(19(21)13-16)20(24)23-11-9-17(22-2)10-12-23/h3-8,13,17,22H,9-12H2,1-2H3. The molecule has 3 rings (SSSR count). The van der Waals surface area contributed by atoms with Crippen LogP contribution in [0, 0.1) is 12.7 Å². The van der Waals surface area contributed by atoms with E-state index in [1.54, 1.807) is 11.0 Å². The Morgan fingerprint density at radius 3 is 2.29 bits per heavy atom. The van der Waals surface area contributed by atoms with Crippen molar-refractivity contribution in [2.45, 2.75) is 25.8 Å². The predicted molar refractivity (Wildman–Crippen MR) is 94.6 cm³/mol. The maximum Gasteiger partial charge on any atom is 0.256 e. The second-order valence-electron chi connectivity index (χ2n) is 6.42. The van der Waals surface area contributed by atoms with E-state index in [1.165, 1.54) is 6.07 Å². The molecule has 1 N–H and O–H groups in total. The van der Waals surface area contributed by atoms with Gasteiger partial charge in [0.2, 0.25) is 0 Å². The van der Waals surface area contributed by atoms with Gasteiger partial charge in [0.05, 0.1) is 5.56 Å². The van der Waals surface area contributed by atoms with Crippen molar-refractivity contribution in [1.82, 2.24) is 10.2 Å². The van der Waals surface area contributed by atoms with Crippen molar-refractivity contribution in [3.63, 3.8) is 0 Å². The lowest BCUT2D eigenvalue weighted by molar-refractivity contribution is 0.0702. The molecule has 1 aliphatic rings. The van der Waals surface area contributed by atoms with Gasteiger partial charge < -0.3 is 10.2 Å². The summed E-state index contributed by atoms with van der Waals surface area (Å²) in [5, 5.41) is 3.23. The summed E-state index contributed by atoms with van der Waals surface area (Å²) in [5.41, 5.74) is 3.07. The lowest BCUT2D eigenvalue weighted by atomic mass is 10.0. The number of amides is 1. The van der Waals surface area contributed by atoms with E-state index in [4.69, 9.17) is 0 Å². The molecule has 1 fully saturated rings. The Bertz CT molecular complexity index is 719. The van der Waals surface area contributed by atoms with Gasteiger partial charge in [-0.3, -0.25) is 4.79 Å². The first-order valence-corrected chi connectivity index (χ1v) is 8.41. The summed E-state index contributed by atoms with van der Waals surface area (Å²) in [6.45, 7) is 3.36. The van der Waals surface area contributed by atoms with Crippen molar-refractivity contribution in [3.05, 3.63) is 59.4 Å². The second-order valence-corrected chi connectivity index (χ2v) is 6.42. The number of carbonyl (C=O) groups is 1. The summed E-state index contributed by atoms with van der Waals surface area (Å²) in [5.74, 6) is -0.661. The molecule has 1 heterocycles. The zero-order chi connectivity index (χ0) is 17.1. The first-order chi connectivity index (χ1) is 11.6. The first kappa shape index (κ1) is 16.7. The molecule has 0 saturated carbocycles. The van der Waals surface area contributed by atoms with Crippen LogP contribution in [0.2, 0.25) is 0 Å². The minimum Gasteiger partial charge on any atom is -0.338 e. The molecular weight excluding hydrogens is 303 g/mol. The fourth-order valence-electron chi connectivity index (χ4n) is 3.16. The van der Waals surface area contributed by atoms with Crippen LogP contribution in [0.4, 0.5) is 4.39 Å². The third-order valence-electron chi connectivity index (χ3n) is 4.77. The molecule has 0 aliphatic carbocycles. The minimum absolute atomic E-state index is 0.161. The van der Waals surface area contributed by atoms with Gasteiger partial charge in [0, 0.05) is 19.1 Å². The van der Waals surface area contributed by atoms with Crippen LogP contribution in [0.15, 0.2) is 42.5 Å². The number of benzene rings is 2. The molecule has 1 aliphatic heterocycles. The van der Waals surface area contributed by atoms with Gasteiger partial charge in [-0.05, 0) is 50.1 Å². The number of carbonyl (C=O) groups excluding carboxylic acids is 1. The molecule has 0 bridgehead atoms. The normalized spacial score (nSPS) is 15.5. The van der Waals surface area contributed by atoms with E-state index >= 15 is 0 Å². The van der Waals surface area contributed by atoms with Crippen LogP contribution >= 0.6 is 0 Å². The molecule has 4 heteroatoms. The van der Waals surface area contributed by atoms with Gasteiger partial charge in [0.15, 0.2) is 0 Å². The van der Waals surface area contributed by atoms with E-state index in [9.17, 15) is 9.18 Å². The van der Waals surface area contributed by atoms with E-state index in [0.717, 1.165) is 29.5 Å². The molecule has 2 aromatic carbocycles. The summed E-state index contributed by atoms with van der Waals surface area (Å²) >= 11 is 0. The van der Waals surface area contributed by atoms with Crippen LogP contribution in [0.25, 0.3) is 11.1 Å². The van der Waals surface area contributed by atoms with Gasteiger partial charge in [-0.15, -0.1) is 0 Å². The molecule has 0 radical (unpaired) electrons. The highest BCUT2D eigenvalue weighted by Crippen LogP contribution is 2.24. The summed E-state index contributed by atoms with van der Waals surface area (Å²) in [4.78, 5) is 14.3. The topological polar surface area (TPSA) is 32.3 Å². The lowest BCUT2D eigenvalue weighted by Gasteiger charge is -2.32. The van der Waals surface area contributed by atoms with Crippen molar-refractivity contribution >= 4 is 5.91 Å². The summed E-state index contributed by atoms with van der Waals surface area (Å²) < 4.78 is 14.5. The average Bonchev–Trinajstić information content (AvgIpc) is 2.62. The zero-order valence-corrected chi connectivity index (χ0v) is 14.2. The van der Waals surface area contributed by atoms with E-state index < -0.39 is 5.82 Å². The third-order valence-corrected chi connectivity index (χ3v) is 4.77. The fourth-order valence-corrected chi connectivity index (χ4v) is 3.16. The van der Waals surface area contributed by atoms with Crippen LogP contribution in [-0.2, 0) is 0 Å². The average molecular weight is 326 g/mol. The summed E-state index contributed by atoms with van der Waals surface area (Å²) in [6.07, 6.45) is 1.82. The Kier molecular flexibility index (Phi) is 4.95. The Morgan fingerprint density at radius 1 is 1.08 bits per heavy atom. The van der Waals surface area contributed by atoms with Crippen LogP contribution < -0.4 is 5.32 Å². The Balaban J connectivity index is 1.77. The Morgan fingerprint density at radius 2 is 1.71 bits per heavy atom. The van der Waals surface area contributed by atoms with E-state index in [-0.39, 0.29) is 11.5 Å². The maximum atomic E-state index is 14.5. The molecule has 126 valence electrons. The number of nitrogens with zero attached hydrogens (tertiary/aromatic N) is 1. The maximum absolute atomic E-state index is 14.5. The van der Waals surface area contributed by atoms with Crippen molar-refractivity contribution < 1.29 is 9.18 Å². The SMILES string of the molecule is CNC1CCN(C(=O)c2ccc(-c3ccc(C)cc3)cc2F)CC1. The van der Waals surface area contributed by atoms with Crippen LogP contribution in [-0.4, -0.2) is 37.0 Å². The number of halogens is 1.